The second-order valence-electron chi connectivity index (χ2n) is 6.80. The summed E-state index contributed by atoms with van der Waals surface area (Å²) in [7, 11) is 0. The molecule has 0 radical (unpaired) electrons. The number of para-hydroxylation sites is 1. The Hall–Kier alpha value is -2.30. The minimum absolute atomic E-state index is 0.225. The Morgan fingerprint density at radius 1 is 1.09 bits per heavy atom. The highest BCUT2D eigenvalue weighted by atomic mass is 16.6. The third kappa shape index (κ3) is 3.55. The largest absolute Gasteiger partial charge is 0.444 e. The van der Waals surface area contributed by atoms with Gasteiger partial charge in [0, 0.05) is 43.4 Å². The van der Waals surface area contributed by atoms with E-state index < -0.39 is 5.60 Å². The SMILES string of the molecule is CC(C)(C)OC(=O)N1CCN(c2ccnc3ccccc23)CC1. The summed E-state index contributed by atoms with van der Waals surface area (Å²) >= 11 is 0. The van der Waals surface area contributed by atoms with Gasteiger partial charge in [-0.05, 0) is 32.9 Å². The number of carbonyl (C=O) groups is 1. The maximum atomic E-state index is 12.1. The topological polar surface area (TPSA) is 45.7 Å². The van der Waals surface area contributed by atoms with Crippen molar-refractivity contribution in [1.82, 2.24) is 9.88 Å². The second-order valence-corrected chi connectivity index (χ2v) is 6.80. The van der Waals surface area contributed by atoms with Gasteiger partial charge < -0.3 is 14.5 Å². The van der Waals surface area contributed by atoms with Crippen LogP contribution in [0.5, 0.6) is 0 Å². The van der Waals surface area contributed by atoms with E-state index in [1.807, 2.05) is 51.2 Å². The molecule has 1 saturated heterocycles. The van der Waals surface area contributed by atoms with Crippen LogP contribution in [0.2, 0.25) is 0 Å². The fraction of sp³-hybridized carbons (Fsp3) is 0.444. The summed E-state index contributed by atoms with van der Waals surface area (Å²) in [5, 5.41) is 1.15. The third-order valence-electron chi connectivity index (χ3n) is 3.90. The van der Waals surface area contributed by atoms with Gasteiger partial charge in [-0.15, -0.1) is 0 Å². The highest BCUT2D eigenvalue weighted by Gasteiger charge is 2.26. The van der Waals surface area contributed by atoms with E-state index in [9.17, 15) is 4.79 Å². The molecule has 0 atom stereocenters. The normalized spacial score (nSPS) is 15.8. The van der Waals surface area contributed by atoms with Crippen molar-refractivity contribution in [3.05, 3.63) is 36.5 Å². The van der Waals surface area contributed by atoms with Crippen LogP contribution in [-0.4, -0.2) is 47.8 Å². The van der Waals surface area contributed by atoms with Crippen LogP contribution in [0.4, 0.5) is 10.5 Å². The summed E-state index contributed by atoms with van der Waals surface area (Å²) in [6, 6.07) is 10.2. The summed E-state index contributed by atoms with van der Waals surface area (Å²) in [4.78, 5) is 20.6. The zero-order valence-electron chi connectivity index (χ0n) is 14.0. The van der Waals surface area contributed by atoms with Crippen molar-refractivity contribution in [2.24, 2.45) is 0 Å². The van der Waals surface area contributed by atoms with Crippen molar-refractivity contribution in [2.45, 2.75) is 26.4 Å². The number of carbonyl (C=O) groups excluding carboxylic acids is 1. The maximum absolute atomic E-state index is 12.1. The lowest BCUT2D eigenvalue weighted by Gasteiger charge is -2.37. The van der Waals surface area contributed by atoms with E-state index in [1.165, 1.54) is 5.69 Å². The van der Waals surface area contributed by atoms with Crippen LogP contribution < -0.4 is 4.90 Å². The van der Waals surface area contributed by atoms with Crippen LogP contribution in [-0.2, 0) is 4.74 Å². The van der Waals surface area contributed by atoms with Crippen molar-refractivity contribution >= 4 is 22.7 Å². The Bertz CT molecular complexity index is 695. The van der Waals surface area contributed by atoms with Gasteiger partial charge in [-0.1, -0.05) is 18.2 Å². The van der Waals surface area contributed by atoms with Gasteiger partial charge in [-0.2, -0.15) is 0 Å². The molecule has 1 aromatic carbocycles. The summed E-state index contributed by atoms with van der Waals surface area (Å²) in [6.45, 7) is 8.62. The fourth-order valence-electron chi connectivity index (χ4n) is 2.81. The monoisotopic (exact) mass is 313 g/mol. The van der Waals surface area contributed by atoms with E-state index >= 15 is 0 Å². The summed E-state index contributed by atoms with van der Waals surface area (Å²) in [5.74, 6) is 0. The summed E-state index contributed by atoms with van der Waals surface area (Å²) in [6.07, 6.45) is 1.62. The van der Waals surface area contributed by atoms with E-state index in [4.69, 9.17) is 4.74 Å². The van der Waals surface area contributed by atoms with Gasteiger partial charge in [0.2, 0.25) is 0 Å². The van der Waals surface area contributed by atoms with Crippen molar-refractivity contribution in [3.8, 4) is 0 Å². The van der Waals surface area contributed by atoms with Crippen molar-refractivity contribution in [3.63, 3.8) is 0 Å². The molecule has 2 aromatic rings. The molecule has 2 heterocycles. The number of pyridine rings is 1. The highest BCUT2D eigenvalue weighted by Crippen LogP contribution is 2.26. The van der Waals surface area contributed by atoms with Crippen LogP contribution in [0.1, 0.15) is 20.8 Å². The zero-order valence-corrected chi connectivity index (χ0v) is 14.0. The van der Waals surface area contributed by atoms with Gasteiger partial charge in [-0.3, -0.25) is 4.98 Å². The quantitative estimate of drug-likeness (QED) is 0.810. The minimum Gasteiger partial charge on any atom is -0.444 e. The molecular formula is C18H23N3O2. The van der Waals surface area contributed by atoms with Gasteiger partial charge >= 0.3 is 6.09 Å². The number of amides is 1. The van der Waals surface area contributed by atoms with Gasteiger partial charge in [0.1, 0.15) is 5.60 Å². The molecular weight excluding hydrogens is 290 g/mol. The van der Waals surface area contributed by atoms with E-state index in [0.29, 0.717) is 13.1 Å². The molecule has 0 saturated carbocycles. The Morgan fingerprint density at radius 2 is 1.78 bits per heavy atom. The Morgan fingerprint density at radius 3 is 2.48 bits per heavy atom. The van der Waals surface area contributed by atoms with Crippen molar-refractivity contribution < 1.29 is 9.53 Å². The average molecular weight is 313 g/mol. The van der Waals surface area contributed by atoms with Crippen molar-refractivity contribution in [2.75, 3.05) is 31.1 Å². The molecule has 23 heavy (non-hydrogen) atoms. The number of ether oxygens (including phenoxy) is 1. The maximum Gasteiger partial charge on any atom is 0.410 e. The number of rotatable bonds is 1. The molecule has 1 amide bonds. The Labute approximate surface area is 136 Å². The molecule has 5 nitrogen and oxygen atoms in total. The lowest BCUT2D eigenvalue weighted by Crippen LogP contribution is -2.50. The number of piperazine rings is 1. The highest BCUT2D eigenvalue weighted by molar-refractivity contribution is 5.91. The smallest absolute Gasteiger partial charge is 0.410 e. The van der Waals surface area contributed by atoms with E-state index in [1.54, 1.807) is 4.90 Å². The Balaban J connectivity index is 1.70. The molecule has 0 aliphatic carbocycles. The first kappa shape index (κ1) is 15.6. The first-order valence-electron chi connectivity index (χ1n) is 8.01. The third-order valence-corrected chi connectivity index (χ3v) is 3.90. The van der Waals surface area contributed by atoms with Crippen LogP contribution in [0.15, 0.2) is 36.5 Å². The van der Waals surface area contributed by atoms with E-state index in [2.05, 4.69) is 16.0 Å². The standard InChI is InChI=1S/C18H23N3O2/c1-18(2,3)23-17(22)21-12-10-20(11-13-21)16-8-9-19-15-7-5-4-6-14(15)16/h4-9H,10-13H2,1-3H3. The molecule has 5 heteroatoms. The molecule has 122 valence electrons. The molecule has 0 unspecified atom stereocenters. The van der Waals surface area contributed by atoms with E-state index in [0.717, 1.165) is 24.0 Å². The first-order chi connectivity index (χ1) is 10.9. The predicted octanol–water partition coefficient (Wildman–Crippen LogP) is 3.29. The zero-order chi connectivity index (χ0) is 16.4. The molecule has 0 bridgehead atoms. The lowest BCUT2D eigenvalue weighted by atomic mass is 10.1. The number of hydrogen-bond acceptors (Lipinski definition) is 4. The number of hydrogen-bond donors (Lipinski definition) is 0. The number of nitrogens with zero attached hydrogens (tertiary/aromatic N) is 3. The van der Waals surface area contributed by atoms with Gasteiger partial charge in [0.05, 0.1) is 5.52 Å². The van der Waals surface area contributed by atoms with Gasteiger partial charge in [-0.25, -0.2) is 4.79 Å². The molecule has 1 aromatic heterocycles. The van der Waals surface area contributed by atoms with Crippen LogP contribution in [0.3, 0.4) is 0 Å². The molecule has 1 fully saturated rings. The van der Waals surface area contributed by atoms with Crippen molar-refractivity contribution in [1.29, 1.82) is 0 Å². The number of aromatic nitrogens is 1. The van der Waals surface area contributed by atoms with Crippen LogP contribution >= 0.6 is 0 Å². The number of benzene rings is 1. The minimum atomic E-state index is -0.449. The summed E-state index contributed by atoms with van der Waals surface area (Å²) in [5.41, 5.74) is 1.73. The Kier molecular flexibility index (Phi) is 4.11. The molecule has 0 N–H and O–H groups in total. The first-order valence-corrected chi connectivity index (χ1v) is 8.01. The molecule has 1 aliphatic heterocycles. The van der Waals surface area contributed by atoms with Crippen LogP contribution in [0, 0.1) is 0 Å². The van der Waals surface area contributed by atoms with Gasteiger partial charge in [0.25, 0.3) is 0 Å². The number of anilines is 1. The molecule has 3 rings (SSSR count). The molecule has 1 aliphatic rings. The lowest BCUT2D eigenvalue weighted by molar-refractivity contribution is 0.0241. The van der Waals surface area contributed by atoms with E-state index in [-0.39, 0.29) is 6.09 Å². The predicted molar refractivity (Wildman–Crippen MR) is 91.8 cm³/mol. The molecule has 0 spiro atoms. The van der Waals surface area contributed by atoms with Gasteiger partial charge in [0.15, 0.2) is 0 Å². The average Bonchev–Trinajstić information content (AvgIpc) is 2.53. The number of fused-ring (bicyclic) bond motifs is 1. The second kappa shape index (κ2) is 6.07. The summed E-state index contributed by atoms with van der Waals surface area (Å²) < 4.78 is 5.45. The van der Waals surface area contributed by atoms with Crippen LogP contribution in [0.25, 0.3) is 10.9 Å². The fourth-order valence-corrected chi connectivity index (χ4v) is 2.81.